The fourth-order valence-electron chi connectivity index (χ4n) is 0.477. The summed E-state index contributed by atoms with van der Waals surface area (Å²) in [7, 11) is 0. The third kappa shape index (κ3) is 1.05. The molecule has 3 heteroatoms. The van der Waals surface area contributed by atoms with Crippen molar-refractivity contribution in [3.05, 3.63) is 24.2 Å². The number of hydrogen-bond donors (Lipinski definition) is 0. The van der Waals surface area contributed by atoms with Crippen molar-refractivity contribution in [2.45, 2.75) is 0 Å². The molecule has 0 radical (unpaired) electrons. The van der Waals surface area contributed by atoms with Gasteiger partial charge in [0.25, 0.3) is 5.78 Å². The topological polar surface area (TPSA) is 47.3 Å². The Morgan fingerprint density at radius 3 is 2.89 bits per heavy atom. The zero-order valence-corrected chi connectivity index (χ0v) is 4.53. The molecular formula is C6H4O3. The van der Waals surface area contributed by atoms with E-state index in [9.17, 15) is 9.59 Å². The molecule has 46 valence electrons. The Bertz CT molecular complexity index is 210. The molecule has 0 N–H and O–H groups in total. The summed E-state index contributed by atoms with van der Waals surface area (Å²) >= 11 is 0. The second kappa shape index (κ2) is 2.26. The van der Waals surface area contributed by atoms with Gasteiger partial charge in [-0.25, -0.2) is 0 Å². The molecule has 0 spiro atoms. The van der Waals surface area contributed by atoms with E-state index in [4.69, 9.17) is 0 Å². The standard InChI is InChI=1S/C6H4O3/c7-4-5(8)6-2-1-3-9-6/h1-4H. The van der Waals surface area contributed by atoms with Crippen molar-refractivity contribution in [3.63, 3.8) is 0 Å². The van der Waals surface area contributed by atoms with E-state index in [1.54, 1.807) is 6.07 Å². The van der Waals surface area contributed by atoms with E-state index in [0.29, 0.717) is 0 Å². The molecule has 0 aromatic carbocycles. The van der Waals surface area contributed by atoms with Crippen LogP contribution in [0.5, 0.6) is 0 Å². The first-order valence-electron chi connectivity index (χ1n) is 2.37. The highest BCUT2D eigenvalue weighted by Crippen LogP contribution is 1.98. The van der Waals surface area contributed by atoms with Gasteiger partial charge in [-0.15, -0.1) is 0 Å². The van der Waals surface area contributed by atoms with Crippen LogP contribution in [0.25, 0.3) is 0 Å². The lowest BCUT2D eigenvalue weighted by atomic mass is 10.3. The highest BCUT2D eigenvalue weighted by Gasteiger charge is 2.04. The van der Waals surface area contributed by atoms with E-state index in [2.05, 4.69) is 4.42 Å². The van der Waals surface area contributed by atoms with Gasteiger partial charge in [0.15, 0.2) is 12.0 Å². The summed E-state index contributed by atoms with van der Waals surface area (Å²) in [5.41, 5.74) is 0. The Labute approximate surface area is 51.3 Å². The fraction of sp³-hybridized carbons (Fsp3) is 0. The zero-order chi connectivity index (χ0) is 6.69. The summed E-state index contributed by atoms with van der Waals surface area (Å²) in [6.45, 7) is 0. The van der Waals surface area contributed by atoms with Crippen molar-refractivity contribution < 1.29 is 14.0 Å². The van der Waals surface area contributed by atoms with Gasteiger partial charge < -0.3 is 4.42 Å². The van der Waals surface area contributed by atoms with Gasteiger partial charge in [-0.3, -0.25) is 9.59 Å². The Morgan fingerprint density at radius 2 is 2.44 bits per heavy atom. The van der Waals surface area contributed by atoms with Gasteiger partial charge in [-0.2, -0.15) is 0 Å². The molecule has 0 aliphatic carbocycles. The number of rotatable bonds is 2. The number of Topliss-reactive ketones (excluding diaryl/α,β-unsaturated/α-hetero) is 1. The van der Waals surface area contributed by atoms with Gasteiger partial charge in [-0.05, 0) is 12.1 Å². The minimum Gasteiger partial charge on any atom is -0.461 e. The third-order valence-electron chi connectivity index (χ3n) is 0.871. The third-order valence-corrected chi connectivity index (χ3v) is 0.871. The van der Waals surface area contributed by atoms with E-state index >= 15 is 0 Å². The van der Waals surface area contributed by atoms with Gasteiger partial charge in [0.2, 0.25) is 0 Å². The number of carbonyl (C=O) groups excluding carboxylic acids is 2. The van der Waals surface area contributed by atoms with E-state index < -0.39 is 5.78 Å². The van der Waals surface area contributed by atoms with Crippen LogP contribution in [-0.4, -0.2) is 12.1 Å². The van der Waals surface area contributed by atoms with Gasteiger partial charge in [0, 0.05) is 0 Å². The van der Waals surface area contributed by atoms with Gasteiger partial charge in [0.1, 0.15) is 0 Å². The summed E-state index contributed by atoms with van der Waals surface area (Å²) in [6.07, 6.45) is 1.57. The molecule has 1 heterocycles. The lowest BCUT2D eigenvalue weighted by molar-refractivity contribution is -0.104. The Hall–Kier alpha value is -1.38. The van der Waals surface area contributed by atoms with Crippen LogP contribution in [0.3, 0.4) is 0 Å². The molecule has 0 atom stereocenters. The van der Waals surface area contributed by atoms with Crippen LogP contribution >= 0.6 is 0 Å². The second-order valence-electron chi connectivity index (χ2n) is 1.46. The monoisotopic (exact) mass is 124 g/mol. The van der Waals surface area contributed by atoms with Crippen LogP contribution < -0.4 is 0 Å². The number of carbonyl (C=O) groups is 2. The first kappa shape index (κ1) is 5.75. The molecule has 0 aliphatic rings. The smallest absolute Gasteiger partial charge is 0.260 e. The maximum absolute atomic E-state index is 10.4. The molecule has 0 fully saturated rings. The molecular weight excluding hydrogens is 120 g/mol. The first-order chi connectivity index (χ1) is 4.34. The van der Waals surface area contributed by atoms with E-state index in [0.717, 1.165) is 0 Å². The maximum atomic E-state index is 10.4. The van der Waals surface area contributed by atoms with Crippen molar-refractivity contribution in [2.75, 3.05) is 0 Å². The van der Waals surface area contributed by atoms with Crippen molar-refractivity contribution in [1.29, 1.82) is 0 Å². The summed E-state index contributed by atoms with van der Waals surface area (Å²) in [5.74, 6) is -0.537. The van der Waals surface area contributed by atoms with Crippen molar-refractivity contribution >= 4 is 12.1 Å². The number of furan rings is 1. The van der Waals surface area contributed by atoms with Gasteiger partial charge in [-0.1, -0.05) is 0 Å². The molecule has 1 aromatic heterocycles. The van der Waals surface area contributed by atoms with E-state index in [1.807, 2.05) is 0 Å². The lowest BCUT2D eigenvalue weighted by Crippen LogP contribution is -1.96. The molecule has 1 aromatic rings. The minimum atomic E-state index is -0.625. The maximum Gasteiger partial charge on any atom is 0.260 e. The lowest BCUT2D eigenvalue weighted by Gasteiger charge is -1.79. The predicted molar refractivity (Wildman–Crippen MR) is 29.1 cm³/mol. The Kier molecular flexibility index (Phi) is 1.44. The molecule has 0 saturated carbocycles. The van der Waals surface area contributed by atoms with Crippen LogP contribution in [-0.2, 0) is 4.79 Å². The van der Waals surface area contributed by atoms with Crippen LogP contribution in [0.15, 0.2) is 22.8 Å². The molecule has 0 aliphatic heterocycles. The zero-order valence-electron chi connectivity index (χ0n) is 4.53. The molecule has 1 rings (SSSR count). The average Bonchev–Trinajstić information content (AvgIpc) is 2.37. The summed E-state index contributed by atoms with van der Waals surface area (Å²) in [5, 5.41) is 0. The highest BCUT2D eigenvalue weighted by molar-refractivity contribution is 6.32. The largest absolute Gasteiger partial charge is 0.461 e. The number of ketones is 1. The molecule has 0 unspecified atom stereocenters. The number of hydrogen-bond acceptors (Lipinski definition) is 3. The number of aldehydes is 1. The van der Waals surface area contributed by atoms with Gasteiger partial charge in [0.05, 0.1) is 6.26 Å². The predicted octanol–water partition coefficient (Wildman–Crippen LogP) is 0.661. The Morgan fingerprint density at radius 1 is 1.67 bits per heavy atom. The van der Waals surface area contributed by atoms with E-state index in [-0.39, 0.29) is 12.0 Å². The van der Waals surface area contributed by atoms with Crippen LogP contribution in [0.1, 0.15) is 10.6 Å². The average molecular weight is 124 g/mol. The van der Waals surface area contributed by atoms with Crippen LogP contribution in [0.2, 0.25) is 0 Å². The van der Waals surface area contributed by atoms with Crippen molar-refractivity contribution in [1.82, 2.24) is 0 Å². The van der Waals surface area contributed by atoms with Crippen LogP contribution in [0.4, 0.5) is 0 Å². The summed E-state index contributed by atoms with van der Waals surface area (Å²) in [4.78, 5) is 20.2. The quantitative estimate of drug-likeness (QED) is 0.330. The second-order valence-corrected chi connectivity index (χ2v) is 1.46. The van der Waals surface area contributed by atoms with Gasteiger partial charge >= 0.3 is 0 Å². The minimum absolute atomic E-state index is 0.0880. The molecule has 0 amide bonds. The van der Waals surface area contributed by atoms with E-state index in [1.165, 1.54) is 12.3 Å². The molecule has 3 nitrogen and oxygen atoms in total. The Balaban J connectivity index is 2.89. The normalized spacial score (nSPS) is 8.89. The summed E-state index contributed by atoms with van der Waals surface area (Å²) < 4.78 is 4.61. The summed E-state index contributed by atoms with van der Waals surface area (Å²) in [6, 6.07) is 2.99. The van der Waals surface area contributed by atoms with Crippen molar-refractivity contribution in [2.24, 2.45) is 0 Å². The molecule has 0 saturated heterocycles. The van der Waals surface area contributed by atoms with Crippen LogP contribution in [0, 0.1) is 0 Å². The van der Waals surface area contributed by atoms with Crippen molar-refractivity contribution in [3.8, 4) is 0 Å². The molecule has 9 heavy (non-hydrogen) atoms. The fourth-order valence-corrected chi connectivity index (χ4v) is 0.477. The highest BCUT2D eigenvalue weighted by atomic mass is 16.3. The first-order valence-corrected chi connectivity index (χ1v) is 2.37. The molecule has 0 bridgehead atoms. The SMILES string of the molecule is O=CC(=O)c1ccco1.